The summed E-state index contributed by atoms with van der Waals surface area (Å²) in [6.45, 7) is 11.0. The summed E-state index contributed by atoms with van der Waals surface area (Å²) < 4.78 is 0. The van der Waals surface area contributed by atoms with E-state index in [1.54, 1.807) is 0 Å². The van der Waals surface area contributed by atoms with Gasteiger partial charge in [0.15, 0.2) is 0 Å². The maximum absolute atomic E-state index is 9.66. The van der Waals surface area contributed by atoms with Gasteiger partial charge in [-0.2, -0.15) is 0 Å². The SMILES string of the molecule is CC(C)CC(N)C(CO)N1CCN(CCN(C)C)CC1. The van der Waals surface area contributed by atoms with Crippen LogP contribution < -0.4 is 5.73 Å². The lowest BCUT2D eigenvalue weighted by Crippen LogP contribution is -2.57. The third-order valence-corrected chi connectivity index (χ3v) is 4.16. The molecule has 1 rings (SSSR count). The second kappa shape index (κ2) is 8.95. The van der Waals surface area contributed by atoms with Crippen molar-refractivity contribution in [3.8, 4) is 0 Å². The Hall–Kier alpha value is -0.200. The molecule has 0 amide bonds. The lowest BCUT2D eigenvalue weighted by Gasteiger charge is -2.41. The van der Waals surface area contributed by atoms with Gasteiger partial charge in [-0.15, -0.1) is 0 Å². The van der Waals surface area contributed by atoms with Crippen molar-refractivity contribution < 1.29 is 5.11 Å². The molecule has 0 aromatic carbocycles. The molecule has 20 heavy (non-hydrogen) atoms. The fourth-order valence-corrected chi connectivity index (χ4v) is 2.88. The van der Waals surface area contributed by atoms with E-state index in [9.17, 15) is 5.11 Å². The molecule has 1 saturated heterocycles. The monoisotopic (exact) mass is 286 g/mol. The van der Waals surface area contributed by atoms with E-state index in [-0.39, 0.29) is 18.7 Å². The molecule has 120 valence electrons. The molecule has 3 N–H and O–H groups in total. The third kappa shape index (κ3) is 6.06. The van der Waals surface area contributed by atoms with E-state index in [2.05, 4.69) is 42.6 Å². The van der Waals surface area contributed by atoms with Crippen LogP contribution >= 0.6 is 0 Å². The first-order valence-corrected chi connectivity index (χ1v) is 7.91. The second-order valence-corrected chi connectivity index (χ2v) is 6.72. The first-order chi connectivity index (χ1) is 9.43. The van der Waals surface area contributed by atoms with Crippen molar-refractivity contribution in [2.75, 3.05) is 60.0 Å². The molecule has 0 aliphatic carbocycles. The lowest BCUT2D eigenvalue weighted by molar-refractivity contribution is 0.0483. The van der Waals surface area contributed by atoms with Gasteiger partial charge in [0.05, 0.1) is 6.61 Å². The van der Waals surface area contributed by atoms with Gasteiger partial charge >= 0.3 is 0 Å². The zero-order valence-corrected chi connectivity index (χ0v) is 13.8. The summed E-state index contributed by atoms with van der Waals surface area (Å²) in [5, 5.41) is 9.66. The smallest absolute Gasteiger partial charge is 0.0601 e. The molecule has 0 aromatic rings. The van der Waals surface area contributed by atoms with E-state index >= 15 is 0 Å². The fourth-order valence-electron chi connectivity index (χ4n) is 2.88. The van der Waals surface area contributed by atoms with Crippen molar-refractivity contribution in [3.63, 3.8) is 0 Å². The lowest BCUT2D eigenvalue weighted by atomic mass is 9.97. The highest BCUT2D eigenvalue weighted by Gasteiger charge is 2.27. The Bertz CT molecular complexity index is 252. The van der Waals surface area contributed by atoms with Crippen LogP contribution in [0.3, 0.4) is 0 Å². The zero-order valence-electron chi connectivity index (χ0n) is 13.8. The van der Waals surface area contributed by atoms with Crippen LogP contribution in [0.1, 0.15) is 20.3 Å². The molecule has 5 nitrogen and oxygen atoms in total. The number of aliphatic hydroxyl groups is 1. The van der Waals surface area contributed by atoms with Crippen LogP contribution in [0.25, 0.3) is 0 Å². The molecule has 1 fully saturated rings. The Morgan fingerprint density at radius 2 is 1.75 bits per heavy atom. The summed E-state index contributed by atoms with van der Waals surface area (Å²) >= 11 is 0. The standard InChI is InChI=1S/C15H34N4O/c1-13(2)11-14(16)15(12-20)19-9-7-18(8-10-19)6-5-17(3)4/h13-15,20H,5-12,16H2,1-4H3. The van der Waals surface area contributed by atoms with Crippen LogP contribution in [-0.4, -0.2) is 91.9 Å². The molecule has 1 aliphatic rings. The Labute approximate surface area is 124 Å². The number of likely N-dealkylation sites (N-methyl/N-ethyl adjacent to an activating group) is 1. The Kier molecular flexibility index (Phi) is 7.99. The molecule has 0 spiro atoms. The van der Waals surface area contributed by atoms with Gasteiger partial charge < -0.3 is 15.7 Å². The molecule has 1 aliphatic heterocycles. The average molecular weight is 286 g/mol. The van der Waals surface area contributed by atoms with Crippen LogP contribution in [0.4, 0.5) is 0 Å². The minimum atomic E-state index is 0.0772. The summed E-state index contributed by atoms with van der Waals surface area (Å²) in [4.78, 5) is 7.10. The normalized spacial score (nSPS) is 21.6. The maximum atomic E-state index is 9.66. The van der Waals surface area contributed by atoms with Gasteiger partial charge in [0.1, 0.15) is 0 Å². The van der Waals surface area contributed by atoms with E-state index in [1.165, 1.54) is 0 Å². The molecule has 0 radical (unpaired) electrons. The number of hydrogen-bond acceptors (Lipinski definition) is 5. The minimum absolute atomic E-state index is 0.0772. The van der Waals surface area contributed by atoms with Crippen LogP contribution in [0.2, 0.25) is 0 Å². The first kappa shape index (κ1) is 17.9. The number of piperazine rings is 1. The van der Waals surface area contributed by atoms with Gasteiger partial charge in [0, 0.05) is 51.4 Å². The van der Waals surface area contributed by atoms with Crippen LogP contribution in [0.15, 0.2) is 0 Å². The summed E-state index contributed by atoms with van der Waals surface area (Å²) in [5.74, 6) is 0.584. The maximum Gasteiger partial charge on any atom is 0.0601 e. The molecule has 5 heteroatoms. The highest BCUT2D eigenvalue weighted by atomic mass is 16.3. The van der Waals surface area contributed by atoms with Crippen LogP contribution in [0, 0.1) is 5.92 Å². The molecular weight excluding hydrogens is 252 g/mol. The predicted molar refractivity (Wildman–Crippen MR) is 84.9 cm³/mol. The minimum Gasteiger partial charge on any atom is -0.395 e. The Balaban J connectivity index is 2.38. The molecule has 0 bridgehead atoms. The fraction of sp³-hybridized carbons (Fsp3) is 1.00. The van der Waals surface area contributed by atoms with Crippen molar-refractivity contribution in [1.29, 1.82) is 0 Å². The van der Waals surface area contributed by atoms with Gasteiger partial charge in [0.25, 0.3) is 0 Å². The van der Waals surface area contributed by atoms with Gasteiger partial charge in [-0.1, -0.05) is 13.8 Å². The molecule has 1 heterocycles. The molecule has 0 aromatic heterocycles. The van der Waals surface area contributed by atoms with Crippen molar-refractivity contribution in [2.24, 2.45) is 11.7 Å². The highest BCUT2D eigenvalue weighted by molar-refractivity contribution is 4.86. The van der Waals surface area contributed by atoms with Crippen molar-refractivity contribution >= 4 is 0 Å². The zero-order chi connectivity index (χ0) is 15.1. The largest absolute Gasteiger partial charge is 0.395 e. The Morgan fingerprint density at radius 3 is 2.20 bits per heavy atom. The molecule has 2 unspecified atom stereocenters. The molecule has 0 saturated carbocycles. The average Bonchev–Trinajstić information content (AvgIpc) is 2.37. The highest BCUT2D eigenvalue weighted by Crippen LogP contribution is 2.13. The number of nitrogens with two attached hydrogens (primary N) is 1. The van der Waals surface area contributed by atoms with E-state index in [0.29, 0.717) is 5.92 Å². The van der Waals surface area contributed by atoms with Crippen molar-refractivity contribution in [2.45, 2.75) is 32.4 Å². The van der Waals surface area contributed by atoms with E-state index < -0.39 is 0 Å². The number of nitrogens with zero attached hydrogens (tertiary/aromatic N) is 3. The molecule has 2 atom stereocenters. The topological polar surface area (TPSA) is 56.0 Å². The third-order valence-electron chi connectivity index (χ3n) is 4.16. The van der Waals surface area contributed by atoms with E-state index in [4.69, 9.17) is 5.73 Å². The van der Waals surface area contributed by atoms with Gasteiger partial charge in [-0.25, -0.2) is 0 Å². The number of aliphatic hydroxyl groups excluding tert-OH is 1. The van der Waals surface area contributed by atoms with Gasteiger partial charge in [-0.3, -0.25) is 9.80 Å². The first-order valence-electron chi connectivity index (χ1n) is 7.91. The van der Waals surface area contributed by atoms with E-state index in [1.807, 2.05) is 0 Å². The number of hydrogen-bond donors (Lipinski definition) is 2. The van der Waals surface area contributed by atoms with Crippen molar-refractivity contribution in [1.82, 2.24) is 14.7 Å². The van der Waals surface area contributed by atoms with Crippen molar-refractivity contribution in [3.05, 3.63) is 0 Å². The van der Waals surface area contributed by atoms with E-state index in [0.717, 1.165) is 45.7 Å². The summed E-state index contributed by atoms with van der Waals surface area (Å²) in [5.41, 5.74) is 6.27. The van der Waals surface area contributed by atoms with Gasteiger partial charge in [-0.05, 0) is 26.4 Å². The Morgan fingerprint density at radius 1 is 1.15 bits per heavy atom. The number of rotatable bonds is 8. The van der Waals surface area contributed by atoms with Crippen LogP contribution in [0.5, 0.6) is 0 Å². The molecular formula is C15H34N4O. The second-order valence-electron chi connectivity index (χ2n) is 6.72. The summed E-state index contributed by atoms with van der Waals surface area (Å²) in [6, 6.07) is 0.196. The quantitative estimate of drug-likeness (QED) is 0.653. The predicted octanol–water partition coefficient (Wildman–Crippen LogP) is -0.100. The van der Waals surface area contributed by atoms with Gasteiger partial charge in [0.2, 0.25) is 0 Å². The van der Waals surface area contributed by atoms with Crippen LogP contribution in [-0.2, 0) is 0 Å². The summed E-state index contributed by atoms with van der Waals surface area (Å²) in [6.07, 6.45) is 0.978. The summed E-state index contributed by atoms with van der Waals surface area (Å²) in [7, 11) is 4.23.